The van der Waals surface area contributed by atoms with Gasteiger partial charge in [-0.05, 0) is 51.9 Å². The molecule has 1 saturated heterocycles. The number of nitrogens with one attached hydrogen (secondary N) is 2. The molecule has 1 heterocycles. The predicted octanol–water partition coefficient (Wildman–Crippen LogP) is 1.57. The van der Waals surface area contributed by atoms with Gasteiger partial charge in [-0.1, -0.05) is 11.6 Å². The summed E-state index contributed by atoms with van der Waals surface area (Å²) in [6, 6.07) is 5.07. The molecular formula is C14H20N2O2. The van der Waals surface area contributed by atoms with Crippen molar-refractivity contribution in [1.29, 1.82) is 0 Å². The first-order valence-electron chi connectivity index (χ1n) is 6.33. The van der Waals surface area contributed by atoms with Crippen LogP contribution in [0.3, 0.4) is 0 Å². The van der Waals surface area contributed by atoms with Gasteiger partial charge >= 0.3 is 0 Å². The number of aromatic hydroxyl groups is 1. The molecule has 1 aromatic rings. The number of amides is 1. The van der Waals surface area contributed by atoms with E-state index in [-0.39, 0.29) is 17.2 Å². The van der Waals surface area contributed by atoms with Crippen molar-refractivity contribution in [2.75, 3.05) is 13.1 Å². The molecule has 18 heavy (non-hydrogen) atoms. The van der Waals surface area contributed by atoms with Gasteiger partial charge in [-0.25, -0.2) is 0 Å². The van der Waals surface area contributed by atoms with E-state index in [0.29, 0.717) is 5.56 Å². The Morgan fingerprint density at radius 1 is 1.39 bits per heavy atom. The lowest BCUT2D eigenvalue weighted by Gasteiger charge is -2.35. The maximum Gasteiger partial charge on any atom is 0.255 e. The van der Waals surface area contributed by atoms with Crippen LogP contribution in [-0.2, 0) is 0 Å². The highest BCUT2D eigenvalue weighted by atomic mass is 16.3. The van der Waals surface area contributed by atoms with E-state index in [1.54, 1.807) is 18.2 Å². The first-order valence-corrected chi connectivity index (χ1v) is 6.33. The highest BCUT2D eigenvalue weighted by Gasteiger charge is 2.29. The van der Waals surface area contributed by atoms with E-state index >= 15 is 0 Å². The van der Waals surface area contributed by atoms with Gasteiger partial charge in [0.2, 0.25) is 0 Å². The first kappa shape index (κ1) is 12.9. The molecule has 4 nitrogen and oxygen atoms in total. The van der Waals surface area contributed by atoms with Crippen LogP contribution in [0.2, 0.25) is 0 Å². The summed E-state index contributed by atoms with van der Waals surface area (Å²) in [5.74, 6) is -0.156. The SMILES string of the molecule is Cc1ccc(O)c(C(=O)NC2(C)CCNCC2)c1. The Balaban J connectivity index is 2.14. The summed E-state index contributed by atoms with van der Waals surface area (Å²) in [5.41, 5.74) is 1.14. The molecule has 0 unspecified atom stereocenters. The second-order valence-electron chi connectivity index (χ2n) is 5.29. The number of aryl methyl sites for hydroxylation is 1. The fourth-order valence-electron chi connectivity index (χ4n) is 2.28. The van der Waals surface area contributed by atoms with E-state index < -0.39 is 0 Å². The molecule has 0 saturated carbocycles. The van der Waals surface area contributed by atoms with Crippen molar-refractivity contribution in [1.82, 2.24) is 10.6 Å². The summed E-state index contributed by atoms with van der Waals surface area (Å²) >= 11 is 0. The molecule has 4 heteroatoms. The molecule has 2 rings (SSSR count). The van der Waals surface area contributed by atoms with Crippen molar-refractivity contribution in [3.05, 3.63) is 29.3 Å². The van der Waals surface area contributed by atoms with Crippen LogP contribution in [0.15, 0.2) is 18.2 Å². The number of phenolic OH excluding ortho intramolecular Hbond substituents is 1. The van der Waals surface area contributed by atoms with Gasteiger partial charge in [0.15, 0.2) is 0 Å². The van der Waals surface area contributed by atoms with E-state index in [1.165, 1.54) is 0 Å². The van der Waals surface area contributed by atoms with Crippen LogP contribution < -0.4 is 10.6 Å². The van der Waals surface area contributed by atoms with Crippen molar-refractivity contribution in [3.63, 3.8) is 0 Å². The fourth-order valence-corrected chi connectivity index (χ4v) is 2.28. The van der Waals surface area contributed by atoms with Crippen molar-refractivity contribution in [2.24, 2.45) is 0 Å². The summed E-state index contributed by atoms with van der Waals surface area (Å²) in [6.45, 7) is 5.79. The van der Waals surface area contributed by atoms with E-state index in [9.17, 15) is 9.90 Å². The molecule has 98 valence electrons. The Kier molecular flexibility index (Phi) is 3.57. The predicted molar refractivity (Wildman–Crippen MR) is 70.8 cm³/mol. The largest absolute Gasteiger partial charge is 0.507 e. The van der Waals surface area contributed by atoms with E-state index in [4.69, 9.17) is 0 Å². The highest BCUT2D eigenvalue weighted by Crippen LogP contribution is 2.22. The van der Waals surface area contributed by atoms with Crippen molar-refractivity contribution in [2.45, 2.75) is 32.2 Å². The van der Waals surface area contributed by atoms with Crippen LogP contribution >= 0.6 is 0 Å². The third-order valence-electron chi connectivity index (χ3n) is 3.52. The number of benzene rings is 1. The third-order valence-corrected chi connectivity index (χ3v) is 3.52. The third kappa shape index (κ3) is 2.82. The van der Waals surface area contributed by atoms with Gasteiger partial charge in [0.05, 0.1) is 5.56 Å². The Hall–Kier alpha value is -1.55. The van der Waals surface area contributed by atoms with Crippen LogP contribution in [0.4, 0.5) is 0 Å². The minimum atomic E-state index is -0.194. The van der Waals surface area contributed by atoms with Gasteiger partial charge in [-0.2, -0.15) is 0 Å². The molecule has 0 atom stereocenters. The van der Waals surface area contributed by atoms with Crippen molar-refractivity contribution in [3.8, 4) is 5.75 Å². The molecule has 0 bridgehead atoms. The lowest BCUT2D eigenvalue weighted by atomic mass is 9.90. The topological polar surface area (TPSA) is 61.4 Å². The van der Waals surface area contributed by atoms with Gasteiger partial charge < -0.3 is 15.7 Å². The zero-order valence-electron chi connectivity index (χ0n) is 10.9. The van der Waals surface area contributed by atoms with Gasteiger partial charge in [-0.3, -0.25) is 4.79 Å². The number of rotatable bonds is 2. The van der Waals surface area contributed by atoms with Gasteiger partial charge in [0.1, 0.15) is 5.75 Å². The second-order valence-corrected chi connectivity index (χ2v) is 5.29. The molecule has 0 aliphatic carbocycles. The molecule has 0 aromatic heterocycles. The molecule has 1 aliphatic heterocycles. The van der Waals surface area contributed by atoms with E-state index in [0.717, 1.165) is 31.5 Å². The molecule has 1 aromatic carbocycles. The number of phenols is 1. The molecule has 1 amide bonds. The number of hydrogen-bond donors (Lipinski definition) is 3. The molecular weight excluding hydrogens is 228 g/mol. The summed E-state index contributed by atoms with van der Waals surface area (Å²) in [4.78, 5) is 12.2. The summed E-state index contributed by atoms with van der Waals surface area (Å²) in [7, 11) is 0. The molecule has 0 radical (unpaired) electrons. The summed E-state index contributed by atoms with van der Waals surface area (Å²) < 4.78 is 0. The van der Waals surface area contributed by atoms with E-state index in [1.807, 2.05) is 6.92 Å². The zero-order chi connectivity index (χ0) is 13.2. The Labute approximate surface area is 107 Å². The van der Waals surface area contributed by atoms with Crippen LogP contribution in [0.1, 0.15) is 35.7 Å². The molecule has 0 spiro atoms. The van der Waals surface area contributed by atoms with E-state index in [2.05, 4.69) is 17.6 Å². The maximum atomic E-state index is 12.2. The van der Waals surface area contributed by atoms with Crippen LogP contribution in [0, 0.1) is 6.92 Å². The van der Waals surface area contributed by atoms with Gasteiger partial charge in [0.25, 0.3) is 5.91 Å². The second kappa shape index (κ2) is 4.98. The Bertz CT molecular complexity index is 451. The highest BCUT2D eigenvalue weighted by molar-refractivity contribution is 5.97. The van der Waals surface area contributed by atoms with Gasteiger partial charge in [0, 0.05) is 5.54 Å². The van der Waals surface area contributed by atoms with Gasteiger partial charge in [-0.15, -0.1) is 0 Å². The Morgan fingerprint density at radius 3 is 2.72 bits per heavy atom. The number of carbonyl (C=O) groups excluding carboxylic acids is 1. The average Bonchev–Trinajstić information content (AvgIpc) is 2.32. The average molecular weight is 248 g/mol. The lowest BCUT2D eigenvalue weighted by molar-refractivity contribution is 0.0885. The molecule has 1 fully saturated rings. The normalized spacial score (nSPS) is 18.3. The maximum absolute atomic E-state index is 12.2. The van der Waals surface area contributed by atoms with Crippen LogP contribution in [-0.4, -0.2) is 29.6 Å². The summed E-state index contributed by atoms with van der Waals surface area (Å²) in [5, 5.41) is 16.1. The zero-order valence-corrected chi connectivity index (χ0v) is 10.9. The minimum absolute atomic E-state index is 0.0376. The Morgan fingerprint density at radius 2 is 2.06 bits per heavy atom. The number of hydrogen-bond acceptors (Lipinski definition) is 3. The quantitative estimate of drug-likeness (QED) is 0.744. The summed E-state index contributed by atoms with van der Waals surface area (Å²) in [6.07, 6.45) is 1.82. The minimum Gasteiger partial charge on any atom is -0.507 e. The van der Waals surface area contributed by atoms with Crippen LogP contribution in [0.25, 0.3) is 0 Å². The number of piperidine rings is 1. The smallest absolute Gasteiger partial charge is 0.255 e. The monoisotopic (exact) mass is 248 g/mol. The molecule has 3 N–H and O–H groups in total. The molecule has 1 aliphatic rings. The standard InChI is InChI=1S/C14H20N2O2/c1-10-3-4-12(17)11(9-10)13(18)16-14(2)5-7-15-8-6-14/h3-4,9,15,17H,5-8H2,1-2H3,(H,16,18). The fraction of sp³-hybridized carbons (Fsp3) is 0.500. The lowest BCUT2D eigenvalue weighted by Crippen LogP contribution is -2.52. The van der Waals surface area contributed by atoms with Crippen molar-refractivity contribution < 1.29 is 9.90 Å². The van der Waals surface area contributed by atoms with Crippen molar-refractivity contribution >= 4 is 5.91 Å². The number of carbonyl (C=O) groups is 1. The van der Waals surface area contributed by atoms with Crippen LogP contribution in [0.5, 0.6) is 5.75 Å². The first-order chi connectivity index (χ1) is 8.50.